The minimum atomic E-state index is -0.636. The summed E-state index contributed by atoms with van der Waals surface area (Å²) in [4.78, 5) is 28.8. The molecular weight excluding hydrogens is 646 g/mol. The molecule has 0 unspecified atom stereocenters. The molecule has 6 aliphatic rings. The molecule has 4 saturated carbocycles. The third-order valence-electron chi connectivity index (χ3n) is 12.2. The monoisotopic (exact) mass is 695 g/mol. The highest BCUT2D eigenvalue weighted by Gasteiger charge is 2.51. The van der Waals surface area contributed by atoms with Crippen LogP contribution in [0.25, 0.3) is 0 Å². The standard InChI is InChI=1S/C40H49N5O6/c1-26-36(24-43-13-15-44(16-14-43)34-9-11-35(12-10-34)45(48)49)50-38(51-37(26)31-7-5-27(25-46)6-8-31)32-3-2-4-33(20-32)41-39(47)42-40-21-28-17-29(22-40)19-30(18-28)23-40/h2-12,20,26,28-30,36-38,46H,13-19,21-25H2,1H3,(H2,41,42,47)/t26-,28?,29?,30?,36+,37+,38+,40?/m0/s1. The molecule has 270 valence electrons. The smallest absolute Gasteiger partial charge is 0.319 e. The quantitative estimate of drug-likeness (QED) is 0.165. The van der Waals surface area contributed by atoms with Gasteiger partial charge in [0.05, 0.1) is 23.7 Å². The van der Waals surface area contributed by atoms with Crippen molar-refractivity contribution < 1.29 is 24.3 Å². The van der Waals surface area contributed by atoms with Crippen LogP contribution in [0.3, 0.4) is 0 Å². The summed E-state index contributed by atoms with van der Waals surface area (Å²) in [5.41, 5.74) is 4.46. The molecule has 3 aromatic carbocycles. The number of hydrogen-bond acceptors (Lipinski definition) is 8. The topological polar surface area (TPSA) is 129 Å². The Morgan fingerprint density at radius 1 is 0.902 bits per heavy atom. The van der Waals surface area contributed by atoms with E-state index in [2.05, 4.69) is 27.4 Å². The van der Waals surface area contributed by atoms with Gasteiger partial charge in [0.1, 0.15) is 0 Å². The summed E-state index contributed by atoms with van der Waals surface area (Å²) in [7, 11) is 0. The molecule has 0 spiro atoms. The molecule has 9 rings (SSSR count). The van der Waals surface area contributed by atoms with Gasteiger partial charge in [-0.1, -0.05) is 43.3 Å². The zero-order valence-corrected chi connectivity index (χ0v) is 29.3. The summed E-state index contributed by atoms with van der Waals surface area (Å²) in [6.07, 6.45) is 6.28. The summed E-state index contributed by atoms with van der Waals surface area (Å²) in [6.45, 7) is 6.18. The van der Waals surface area contributed by atoms with Gasteiger partial charge in [-0.25, -0.2) is 4.79 Å². The minimum Gasteiger partial charge on any atom is -0.392 e. The number of amides is 2. The lowest BCUT2D eigenvalue weighted by Crippen LogP contribution is -2.60. The molecule has 6 fully saturated rings. The Kier molecular flexibility index (Phi) is 9.47. The Labute approximate surface area is 299 Å². The molecule has 4 bridgehead atoms. The number of nitrogens with one attached hydrogen (secondary N) is 2. The Balaban J connectivity index is 0.955. The Hall–Kier alpha value is -4.03. The lowest BCUT2D eigenvalue weighted by Gasteiger charge is -2.56. The van der Waals surface area contributed by atoms with Crippen LogP contribution < -0.4 is 15.5 Å². The third-order valence-corrected chi connectivity index (χ3v) is 12.2. The van der Waals surface area contributed by atoms with Gasteiger partial charge in [0, 0.05) is 73.3 Å². The highest BCUT2D eigenvalue weighted by molar-refractivity contribution is 5.90. The first-order chi connectivity index (χ1) is 24.7. The number of hydrogen-bond donors (Lipinski definition) is 3. The number of carbonyl (C=O) groups excluding carboxylic acids is 1. The van der Waals surface area contributed by atoms with Crippen LogP contribution in [0, 0.1) is 33.8 Å². The van der Waals surface area contributed by atoms with Crippen molar-refractivity contribution in [1.82, 2.24) is 10.2 Å². The lowest BCUT2D eigenvalue weighted by molar-refractivity contribution is -0.384. The number of piperazine rings is 1. The molecule has 51 heavy (non-hydrogen) atoms. The summed E-state index contributed by atoms with van der Waals surface area (Å²) >= 11 is 0. The number of rotatable bonds is 9. The number of urea groups is 1. The van der Waals surface area contributed by atoms with Crippen molar-refractivity contribution in [2.75, 3.05) is 42.9 Å². The number of nitro groups is 1. The van der Waals surface area contributed by atoms with Gasteiger partial charge in [0.15, 0.2) is 6.29 Å². The van der Waals surface area contributed by atoms with E-state index in [4.69, 9.17) is 9.47 Å². The van der Waals surface area contributed by atoms with E-state index in [1.165, 1.54) is 19.3 Å². The fourth-order valence-corrected chi connectivity index (χ4v) is 9.99. The second-order valence-electron chi connectivity index (χ2n) is 15.8. The zero-order chi connectivity index (χ0) is 35.1. The van der Waals surface area contributed by atoms with E-state index >= 15 is 0 Å². The maximum Gasteiger partial charge on any atom is 0.319 e. The number of aliphatic hydroxyl groups excluding tert-OH is 1. The van der Waals surface area contributed by atoms with E-state index in [9.17, 15) is 20.0 Å². The SMILES string of the molecule is C[C@H]1[C@@H](CN2CCN(c3ccc([N+](=O)[O-])cc3)CC2)O[C@@H](c2cccc(NC(=O)NC34CC5CC(CC(C5)C3)C4)c2)O[C@H]1c1ccc(CO)cc1. The zero-order valence-electron chi connectivity index (χ0n) is 29.3. The van der Waals surface area contributed by atoms with E-state index in [0.717, 1.165) is 92.1 Å². The predicted molar refractivity (Wildman–Crippen MR) is 194 cm³/mol. The molecule has 3 aromatic rings. The maximum absolute atomic E-state index is 13.4. The molecule has 2 aliphatic heterocycles. The minimum absolute atomic E-state index is 0.0161. The Bertz CT molecular complexity index is 1670. The van der Waals surface area contributed by atoms with Crippen molar-refractivity contribution in [3.63, 3.8) is 0 Å². The van der Waals surface area contributed by atoms with Crippen LogP contribution in [0.2, 0.25) is 0 Å². The number of benzene rings is 3. The van der Waals surface area contributed by atoms with Crippen molar-refractivity contribution >= 4 is 23.1 Å². The number of ether oxygens (including phenoxy) is 2. The van der Waals surface area contributed by atoms with Gasteiger partial charge in [-0.15, -0.1) is 0 Å². The van der Waals surface area contributed by atoms with Gasteiger partial charge >= 0.3 is 6.03 Å². The predicted octanol–water partition coefficient (Wildman–Crippen LogP) is 6.79. The van der Waals surface area contributed by atoms with Gasteiger partial charge in [0.25, 0.3) is 5.69 Å². The van der Waals surface area contributed by atoms with Gasteiger partial charge in [-0.05, 0) is 91.7 Å². The second kappa shape index (κ2) is 14.2. The summed E-state index contributed by atoms with van der Waals surface area (Å²) in [6, 6.07) is 22.4. The summed E-state index contributed by atoms with van der Waals surface area (Å²) < 4.78 is 13.5. The van der Waals surface area contributed by atoms with E-state index in [1.54, 1.807) is 12.1 Å². The van der Waals surface area contributed by atoms with E-state index < -0.39 is 6.29 Å². The lowest BCUT2D eigenvalue weighted by atomic mass is 9.53. The van der Waals surface area contributed by atoms with Gasteiger partial charge in [-0.2, -0.15) is 0 Å². The molecule has 11 heteroatoms. The van der Waals surface area contributed by atoms with Crippen LogP contribution >= 0.6 is 0 Å². The summed E-state index contributed by atoms with van der Waals surface area (Å²) in [5, 5.41) is 27.3. The molecule has 11 nitrogen and oxygen atoms in total. The average Bonchev–Trinajstić information content (AvgIpc) is 3.12. The van der Waals surface area contributed by atoms with E-state index in [0.29, 0.717) is 5.69 Å². The Morgan fingerprint density at radius 2 is 1.57 bits per heavy atom. The number of anilines is 2. The molecule has 0 radical (unpaired) electrons. The van der Waals surface area contributed by atoms with Crippen LogP contribution in [0.15, 0.2) is 72.8 Å². The van der Waals surface area contributed by atoms with Gasteiger partial charge in [-0.3, -0.25) is 15.0 Å². The van der Waals surface area contributed by atoms with Crippen molar-refractivity contribution in [2.45, 2.75) is 76.1 Å². The van der Waals surface area contributed by atoms with Crippen LogP contribution in [-0.4, -0.2) is 65.3 Å². The van der Waals surface area contributed by atoms with Crippen molar-refractivity contribution in [3.05, 3.63) is 99.6 Å². The normalized spacial score (nSPS) is 31.7. The largest absolute Gasteiger partial charge is 0.392 e. The van der Waals surface area contributed by atoms with Crippen molar-refractivity contribution in [1.29, 1.82) is 0 Å². The molecular formula is C40H49N5O6. The second-order valence-corrected chi connectivity index (χ2v) is 15.8. The van der Waals surface area contributed by atoms with Gasteiger partial charge in [0.2, 0.25) is 0 Å². The third kappa shape index (κ3) is 7.35. The fourth-order valence-electron chi connectivity index (χ4n) is 9.99. The number of aliphatic hydroxyl groups is 1. The van der Waals surface area contributed by atoms with Gasteiger partial charge < -0.3 is 30.1 Å². The van der Waals surface area contributed by atoms with Crippen LogP contribution in [0.5, 0.6) is 0 Å². The molecule has 2 saturated heterocycles. The number of nitrogens with zero attached hydrogens (tertiary/aromatic N) is 3. The summed E-state index contributed by atoms with van der Waals surface area (Å²) in [5.74, 6) is 2.30. The van der Waals surface area contributed by atoms with Crippen molar-refractivity contribution in [2.24, 2.45) is 23.7 Å². The first-order valence-electron chi connectivity index (χ1n) is 18.6. The first-order valence-corrected chi connectivity index (χ1v) is 18.6. The fraction of sp³-hybridized carbons (Fsp3) is 0.525. The molecule has 2 amide bonds. The number of carbonyl (C=O) groups is 1. The first kappa shape index (κ1) is 34.1. The van der Waals surface area contributed by atoms with Crippen molar-refractivity contribution in [3.8, 4) is 0 Å². The molecule has 3 N–H and O–H groups in total. The number of nitro benzene ring substituents is 1. The highest BCUT2D eigenvalue weighted by atomic mass is 16.7. The maximum atomic E-state index is 13.4. The molecule has 4 aliphatic carbocycles. The molecule has 2 heterocycles. The van der Waals surface area contributed by atoms with Crippen LogP contribution in [-0.2, 0) is 16.1 Å². The molecule has 0 aromatic heterocycles. The van der Waals surface area contributed by atoms with E-state index in [-0.39, 0.29) is 46.9 Å². The number of non-ortho nitro benzene ring substituents is 1. The Morgan fingerprint density at radius 3 is 2.20 bits per heavy atom. The van der Waals surface area contributed by atoms with Crippen LogP contribution in [0.1, 0.15) is 74.5 Å². The highest BCUT2D eigenvalue weighted by Crippen LogP contribution is 2.55. The van der Waals surface area contributed by atoms with E-state index in [1.807, 2.05) is 60.7 Å². The van der Waals surface area contributed by atoms with Crippen LogP contribution in [0.4, 0.5) is 21.9 Å². The molecule has 4 atom stereocenters. The average molecular weight is 696 g/mol.